The van der Waals surface area contributed by atoms with Gasteiger partial charge in [0.2, 0.25) is 0 Å². The fourth-order valence-electron chi connectivity index (χ4n) is 2.06. The number of allylic oxidation sites excluding steroid dienone is 8. The summed E-state index contributed by atoms with van der Waals surface area (Å²) in [6.45, 7) is 2.27. The van der Waals surface area contributed by atoms with Gasteiger partial charge in [0.25, 0.3) is 0 Å². The van der Waals surface area contributed by atoms with Crippen LogP contribution in [0.2, 0.25) is 0 Å². The first-order chi connectivity index (χ1) is 6.86. The Kier molecular flexibility index (Phi) is 3.03. The van der Waals surface area contributed by atoms with Crippen molar-refractivity contribution in [2.45, 2.75) is 39.0 Å². The molecule has 0 heterocycles. The minimum absolute atomic E-state index is 1.14. The van der Waals surface area contributed by atoms with Gasteiger partial charge in [0.05, 0.1) is 0 Å². The summed E-state index contributed by atoms with van der Waals surface area (Å²) < 4.78 is 0. The molecule has 0 spiro atoms. The molecule has 0 bridgehead atoms. The molecule has 74 valence electrons. The molecule has 0 aliphatic heterocycles. The highest BCUT2D eigenvalue weighted by Crippen LogP contribution is 2.25. The van der Waals surface area contributed by atoms with Gasteiger partial charge in [-0.25, -0.2) is 0 Å². The van der Waals surface area contributed by atoms with Crippen molar-refractivity contribution < 1.29 is 0 Å². The molecular weight excluding hydrogens is 168 g/mol. The molecule has 0 saturated heterocycles. The van der Waals surface area contributed by atoms with Crippen molar-refractivity contribution in [1.82, 2.24) is 0 Å². The van der Waals surface area contributed by atoms with E-state index in [2.05, 4.69) is 37.3 Å². The van der Waals surface area contributed by atoms with E-state index in [1.807, 2.05) is 0 Å². The Bertz CT molecular complexity index is 324. The zero-order chi connectivity index (χ0) is 9.80. The average molecular weight is 186 g/mol. The van der Waals surface area contributed by atoms with Crippen LogP contribution in [0.25, 0.3) is 0 Å². The lowest BCUT2D eigenvalue weighted by Crippen LogP contribution is -1.94. The lowest BCUT2D eigenvalue weighted by atomic mass is 9.92. The van der Waals surface area contributed by atoms with Gasteiger partial charge in [-0.1, -0.05) is 36.0 Å². The van der Waals surface area contributed by atoms with Crippen LogP contribution in [0.15, 0.2) is 47.1 Å². The molecule has 0 saturated carbocycles. The van der Waals surface area contributed by atoms with E-state index < -0.39 is 0 Å². The van der Waals surface area contributed by atoms with Gasteiger partial charge in [0.15, 0.2) is 0 Å². The van der Waals surface area contributed by atoms with E-state index in [1.54, 1.807) is 5.57 Å². The number of rotatable bonds is 2. The maximum Gasteiger partial charge on any atom is -0.00297 e. The highest BCUT2D eigenvalue weighted by molar-refractivity contribution is 5.36. The second kappa shape index (κ2) is 4.45. The van der Waals surface area contributed by atoms with Gasteiger partial charge in [-0.3, -0.25) is 0 Å². The third-order valence-electron chi connectivity index (χ3n) is 3.02. The topological polar surface area (TPSA) is 0 Å². The summed E-state index contributed by atoms with van der Waals surface area (Å²) in [5.74, 6) is 0. The van der Waals surface area contributed by atoms with E-state index in [1.165, 1.54) is 36.8 Å². The minimum Gasteiger partial charge on any atom is -0.0840 e. The van der Waals surface area contributed by atoms with Gasteiger partial charge in [-0.15, -0.1) is 0 Å². The van der Waals surface area contributed by atoms with E-state index >= 15 is 0 Å². The molecule has 0 nitrogen and oxygen atoms in total. The molecule has 0 aromatic rings. The summed E-state index contributed by atoms with van der Waals surface area (Å²) in [6, 6.07) is 0. The molecule has 0 aromatic heterocycles. The van der Waals surface area contributed by atoms with Crippen LogP contribution in [0.4, 0.5) is 0 Å². The third kappa shape index (κ3) is 2.25. The molecule has 14 heavy (non-hydrogen) atoms. The summed E-state index contributed by atoms with van der Waals surface area (Å²) in [6.07, 6.45) is 17.6. The quantitative estimate of drug-likeness (QED) is 0.602. The second-order valence-corrected chi connectivity index (χ2v) is 4.18. The Morgan fingerprint density at radius 2 is 1.93 bits per heavy atom. The van der Waals surface area contributed by atoms with Gasteiger partial charge < -0.3 is 0 Å². The lowest BCUT2D eigenvalue weighted by molar-refractivity contribution is 0.913. The minimum atomic E-state index is 1.14. The summed E-state index contributed by atoms with van der Waals surface area (Å²) in [7, 11) is 0. The molecule has 2 aliphatic rings. The average Bonchev–Trinajstić information content (AvgIpc) is 2.23. The molecule has 0 fully saturated rings. The van der Waals surface area contributed by atoms with E-state index in [4.69, 9.17) is 0 Å². The van der Waals surface area contributed by atoms with Gasteiger partial charge in [0, 0.05) is 0 Å². The van der Waals surface area contributed by atoms with Crippen molar-refractivity contribution in [3.63, 3.8) is 0 Å². The molecular formula is C14H18. The van der Waals surface area contributed by atoms with Gasteiger partial charge >= 0.3 is 0 Å². The van der Waals surface area contributed by atoms with Gasteiger partial charge in [-0.05, 0) is 50.2 Å². The first-order valence-corrected chi connectivity index (χ1v) is 5.57. The maximum atomic E-state index is 2.38. The van der Waals surface area contributed by atoms with E-state index in [0.717, 1.165) is 6.42 Å². The van der Waals surface area contributed by atoms with Crippen LogP contribution < -0.4 is 0 Å². The molecule has 2 aliphatic carbocycles. The molecule has 0 radical (unpaired) electrons. The summed E-state index contributed by atoms with van der Waals surface area (Å²) >= 11 is 0. The van der Waals surface area contributed by atoms with Crippen molar-refractivity contribution in [2.24, 2.45) is 0 Å². The first-order valence-electron chi connectivity index (χ1n) is 5.57. The Morgan fingerprint density at radius 1 is 1.07 bits per heavy atom. The van der Waals surface area contributed by atoms with Gasteiger partial charge in [-0.2, -0.15) is 0 Å². The highest BCUT2D eigenvalue weighted by atomic mass is 14.1. The normalized spacial score (nSPS) is 21.4. The van der Waals surface area contributed by atoms with Crippen molar-refractivity contribution in [1.29, 1.82) is 0 Å². The largest absolute Gasteiger partial charge is 0.0840 e. The van der Waals surface area contributed by atoms with Crippen LogP contribution in [0.5, 0.6) is 0 Å². The smallest absolute Gasteiger partial charge is 0.00297 e. The Morgan fingerprint density at radius 3 is 2.64 bits per heavy atom. The molecule has 0 N–H and O–H groups in total. The molecule has 0 amide bonds. The first kappa shape index (κ1) is 9.51. The lowest BCUT2D eigenvalue weighted by Gasteiger charge is -2.14. The van der Waals surface area contributed by atoms with Crippen molar-refractivity contribution in [3.05, 3.63) is 47.1 Å². The van der Waals surface area contributed by atoms with Crippen LogP contribution in [0.3, 0.4) is 0 Å². The second-order valence-electron chi connectivity index (χ2n) is 4.18. The molecule has 0 heteroatoms. The fourth-order valence-corrected chi connectivity index (χ4v) is 2.06. The number of hydrogen-bond acceptors (Lipinski definition) is 0. The predicted molar refractivity (Wildman–Crippen MR) is 62.1 cm³/mol. The zero-order valence-electron chi connectivity index (χ0n) is 8.92. The van der Waals surface area contributed by atoms with Crippen LogP contribution in [0.1, 0.15) is 39.0 Å². The van der Waals surface area contributed by atoms with E-state index in [9.17, 15) is 0 Å². The molecule has 0 atom stereocenters. The summed E-state index contributed by atoms with van der Waals surface area (Å²) in [5.41, 5.74) is 4.61. The van der Waals surface area contributed by atoms with Gasteiger partial charge in [0.1, 0.15) is 0 Å². The summed E-state index contributed by atoms with van der Waals surface area (Å²) in [4.78, 5) is 0. The van der Waals surface area contributed by atoms with Crippen LogP contribution in [0, 0.1) is 0 Å². The standard InChI is InChI=1S/C14H18/c1-12-7-5-6-10-14(12)11-13-8-3-2-4-9-13/h3,6,8-10H,2,4-5,7,11H2,1H3. The van der Waals surface area contributed by atoms with E-state index in [-0.39, 0.29) is 0 Å². The summed E-state index contributed by atoms with van der Waals surface area (Å²) in [5, 5.41) is 0. The van der Waals surface area contributed by atoms with Crippen LogP contribution in [-0.4, -0.2) is 0 Å². The highest BCUT2D eigenvalue weighted by Gasteiger charge is 2.06. The monoisotopic (exact) mass is 186 g/mol. The zero-order valence-corrected chi connectivity index (χ0v) is 8.92. The SMILES string of the molecule is CC1=C(CC2=CCCC=C2)C=CCC1. The predicted octanol–water partition coefficient (Wildman–Crippen LogP) is 4.32. The van der Waals surface area contributed by atoms with Crippen molar-refractivity contribution >= 4 is 0 Å². The molecule has 0 aromatic carbocycles. The number of hydrogen-bond donors (Lipinski definition) is 0. The van der Waals surface area contributed by atoms with E-state index in [0.29, 0.717) is 0 Å². The van der Waals surface area contributed by atoms with Crippen molar-refractivity contribution in [2.75, 3.05) is 0 Å². The molecule has 0 unspecified atom stereocenters. The Balaban J connectivity index is 2.06. The Labute approximate surface area is 86.7 Å². The Hall–Kier alpha value is -1.04. The van der Waals surface area contributed by atoms with Crippen LogP contribution >= 0.6 is 0 Å². The van der Waals surface area contributed by atoms with Crippen molar-refractivity contribution in [3.8, 4) is 0 Å². The maximum absolute atomic E-state index is 2.38. The van der Waals surface area contributed by atoms with Crippen LogP contribution in [-0.2, 0) is 0 Å². The molecule has 2 rings (SSSR count). The fraction of sp³-hybridized carbons (Fsp3) is 0.429. The third-order valence-corrected chi connectivity index (χ3v) is 3.02.